The van der Waals surface area contributed by atoms with Gasteiger partial charge in [-0.25, -0.2) is 4.39 Å². The minimum absolute atomic E-state index is 0.0410. The molecule has 0 fully saturated rings. The molecule has 0 aliphatic carbocycles. The third-order valence-electron chi connectivity index (χ3n) is 2.86. The van der Waals surface area contributed by atoms with Gasteiger partial charge in [-0.1, -0.05) is 31.0 Å². The Morgan fingerprint density at radius 1 is 1.47 bits per heavy atom. The zero-order valence-corrected chi connectivity index (χ0v) is 11.2. The number of rotatable bonds is 6. The first-order chi connectivity index (χ1) is 8.13. The molecule has 0 bridgehead atoms. The van der Waals surface area contributed by atoms with Crippen molar-refractivity contribution in [2.24, 2.45) is 0 Å². The molecule has 1 N–H and O–H groups in total. The lowest BCUT2D eigenvalue weighted by Gasteiger charge is -2.26. The summed E-state index contributed by atoms with van der Waals surface area (Å²) < 4.78 is 19.3. The fourth-order valence-electron chi connectivity index (χ4n) is 2.00. The summed E-state index contributed by atoms with van der Waals surface area (Å²) in [5.74, 6) is -0.296. The summed E-state index contributed by atoms with van der Waals surface area (Å²) >= 11 is 5.75. The maximum atomic E-state index is 13.8. The van der Waals surface area contributed by atoms with Crippen molar-refractivity contribution in [1.82, 2.24) is 5.32 Å². The lowest BCUT2D eigenvalue weighted by molar-refractivity contribution is 0.0619. The predicted molar refractivity (Wildman–Crippen MR) is 68.9 cm³/mol. The van der Waals surface area contributed by atoms with E-state index in [1.807, 2.05) is 0 Å². The van der Waals surface area contributed by atoms with Gasteiger partial charge in [0.15, 0.2) is 0 Å². The molecule has 1 rings (SSSR count). The quantitative estimate of drug-likeness (QED) is 0.844. The molecule has 0 amide bonds. The first kappa shape index (κ1) is 14.4. The lowest BCUT2D eigenvalue weighted by atomic mass is 9.98. The van der Waals surface area contributed by atoms with Crippen LogP contribution in [-0.4, -0.2) is 20.3 Å². The van der Waals surface area contributed by atoms with Crippen LogP contribution in [0.2, 0.25) is 5.02 Å². The van der Waals surface area contributed by atoms with Gasteiger partial charge in [0.1, 0.15) is 5.82 Å². The summed E-state index contributed by atoms with van der Waals surface area (Å²) in [7, 11) is 3.46. The van der Waals surface area contributed by atoms with Crippen LogP contribution in [0.25, 0.3) is 0 Å². The fourth-order valence-corrected chi connectivity index (χ4v) is 2.16. The highest BCUT2D eigenvalue weighted by Gasteiger charge is 2.23. The monoisotopic (exact) mass is 259 g/mol. The third kappa shape index (κ3) is 3.66. The molecule has 0 aromatic heterocycles. The van der Waals surface area contributed by atoms with Crippen LogP contribution in [0.3, 0.4) is 0 Å². The first-order valence-electron chi connectivity index (χ1n) is 5.79. The molecular weight excluding hydrogens is 241 g/mol. The van der Waals surface area contributed by atoms with E-state index in [0.29, 0.717) is 10.6 Å². The van der Waals surface area contributed by atoms with E-state index >= 15 is 0 Å². The summed E-state index contributed by atoms with van der Waals surface area (Å²) in [6, 6.07) is 4.58. The maximum Gasteiger partial charge on any atom is 0.129 e. The van der Waals surface area contributed by atoms with Gasteiger partial charge in [0, 0.05) is 17.7 Å². The molecule has 0 saturated heterocycles. The molecule has 0 spiro atoms. The van der Waals surface area contributed by atoms with Crippen molar-refractivity contribution in [1.29, 1.82) is 0 Å². The number of benzene rings is 1. The van der Waals surface area contributed by atoms with Gasteiger partial charge in [0.05, 0.1) is 12.1 Å². The van der Waals surface area contributed by atoms with Crippen molar-refractivity contribution in [3.8, 4) is 0 Å². The van der Waals surface area contributed by atoms with Crippen LogP contribution in [-0.2, 0) is 4.74 Å². The van der Waals surface area contributed by atoms with Crippen molar-refractivity contribution in [3.05, 3.63) is 34.6 Å². The van der Waals surface area contributed by atoms with Gasteiger partial charge in [-0.05, 0) is 25.6 Å². The molecule has 4 heteroatoms. The molecule has 17 heavy (non-hydrogen) atoms. The van der Waals surface area contributed by atoms with Crippen molar-refractivity contribution < 1.29 is 9.13 Å². The summed E-state index contributed by atoms with van der Waals surface area (Å²) in [6.07, 6.45) is 1.83. The van der Waals surface area contributed by atoms with Gasteiger partial charge in [-0.15, -0.1) is 0 Å². The van der Waals surface area contributed by atoms with Crippen LogP contribution in [0.1, 0.15) is 31.4 Å². The Morgan fingerprint density at radius 3 is 2.65 bits per heavy atom. The normalized spacial score (nSPS) is 14.6. The van der Waals surface area contributed by atoms with Crippen molar-refractivity contribution in [2.75, 3.05) is 14.2 Å². The van der Waals surface area contributed by atoms with E-state index in [9.17, 15) is 4.39 Å². The molecule has 0 heterocycles. The molecule has 0 saturated carbocycles. The van der Waals surface area contributed by atoms with E-state index in [2.05, 4.69) is 12.2 Å². The molecule has 1 aromatic rings. The molecule has 2 nitrogen and oxygen atoms in total. The Bertz CT molecular complexity index is 359. The van der Waals surface area contributed by atoms with Crippen LogP contribution in [0.5, 0.6) is 0 Å². The Labute approximate surface area is 107 Å². The van der Waals surface area contributed by atoms with E-state index in [1.165, 1.54) is 6.07 Å². The van der Waals surface area contributed by atoms with Crippen molar-refractivity contribution >= 4 is 11.6 Å². The minimum atomic E-state index is -0.296. The Hall–Kier alpha value is -0.640. The summed E-state index contributed by atoms with van der Waals surface area (Å²) in [5, 5.41) is 3.51. The van der Waals surface area contributed by atoms with Crippen molar-refractivity contribution in [3.63, 3.8) is 0 Å². The van der Waals surface area contributed by atoms with Gasteiger partial charge in [-0.3, -0.25) is 0 Å². The highest BCUT2D eigenvalue weighted by molar-refractivity contribution is 6.30. The van der Waals surface area contributed by atoms with Gasteiger partial charge in [-0.2, -0.15) is 0 Å². The average Bonchev–Trinajstić information content (AvgIpc) is 2.31. The zero-order valence-electron chi connectivity index (χ0n) is 10.5. The Balaban J connectivity index is 2.99. The highest BCUT2D eigenvalue weighted by Crippen LogP contribution is 2.26. The third-order valence-corrected chi connectivity index (χ3v) is 3.09. The number of halogens is 2. The number of likely N-dealkylation sites (N-methyl/N-ethyl adjacent to an activating group) is 1. The van der Waals surface area contributed by atoms with Gasteiger partial charge in [0.2, 0.25) is 0 Å². The molecule has 0 aliphatic heterocycles. The predicted octanol–water partition coefficient (Wildman–Crippen LogP) is 3.55. The van der Waals surface area contributed by atoms with Crippen LogP contribution in [0.15, 0.2) is 18.2 Å². The van der Waals surface area contributed by atoms with E-state index in [-0.39, 0.29) is 18.0 Å². The molecular formula is C13H19ClFNO. The fraction of sp³-hybridized carbons (Fsp3) is 0.538. The zero-order chi connectivity index (χ0) is 12.8. The molecule has 96 valence electrons. The van der Waals surface area contributed by atoms with E-state index in [1.54, 1.807) is 26.3 Å². The number of hydrogen-bond acceptors (Lipinski definition) is 2. The van der Waals surface area contributed by atoms with E-state index in [4.69, 9.17) is 16.3 Å². The average molecular weight is 260 g/mol. The SMILES string of the molecule is CCCC(OC)C(NC)c1ccc(Cl)cc1F. The molecule has 2 unspecified atom stereocenters. The first-order valence-corrected chi connectivity index (χ1v) is 6.16. The summed E-state index contributed by atoms with van der Waals surface area (Å²) in [4.78, 5) is 0. The number of ether oxygens (including phenoxy) is 1. The number of nitrogens with one attached hydrogen (secondary N) is 1. The van der Waals surface area contributed by atoms with Crippen molar-refractivity contribution in [2.45, 2.75) is 31.9 Å². The molecule has 0 aliphatic rings. The number of hydrogen-bond donors (Lipinski definition) is 1. The Morgan fingerprint density at radius 2 is 2.18 bits per heavy atom. The summed E-state index contributed by atoms with van der Waals surface area (Å²) in [6.45, 7) is 2.08. The van der Waals surface area contributed by atoms with Crippen LogP contribution >= 0.6 is 11.6 Å². The highest BCUT2D eigenvalue weighted by atomic mass is 35.5. The van der Waals surface area contributed by atoms with Crippen LogP contribution < -0.4 is 5.32 Å². The molecule has 2 atom stereocenters. The largest absolute Gasteiger partial charge is 0.379 e. The maximum absolute atomic E-state index is 13.8. The van der Waals surface area contributed by atoms with E-state index in [0.717, 1.165) is 12.8 Å². The lowest BCUT2D eigenvalue weighted by Crippen LogP contribution is -2.31. The molecule has 0 radical (unpaired) electrons. The van der Waals surface area contributed by atoms with Crippen LogP contribution in [0, 0.1) is 5.82 Å². The smallest absolute Gasteiger partial charge is 0.129 e. The van der Waals surface area contributed by atoms with Crippen LogP contribution in [0.4, 0.5) is 4.39 Å². The van der Waals surface area contributed by atoms with Gasteiger partial charge < -0.3 is 10.1 Å². The second-order valence-corrected chi connectivity index (χ2v) is 4.43. The topological polar surface area (TPSA) is 21.3 Å². The van der Waals surface area contributed by atoms with Gasteiger partial charge in [0.25, 0.3) is 0 Å². The second kappa shape index (κ2) is 6.94. The minimum Gasteiger partial charge on any atom is -0.379 e. The number of methoxy groups -OCH3 is 1. The van der Waals surface area contributed by atoms with E-state index < -0.39 is 0 Å². The standard InChI is InChI=1S/C13H19ClFNO/c1-4-5-12(17-3)13(16-2)10-7-6-9(14)8-11(10)15/h6-8,12-13,16H,4-5H2,1-3H3. The Kier molecular flexibility index (Phi) is 5.89. The molecule has 1 aromatic carbocycles. The second-order valence-electron chi connectivity index (χ2n) is 4.00. The van der Waals surface area contributed by atoms with Gasteiger partial charge >= 0.3 is 0 Å². The summed E-state index contributed by atoms with van der Waals surface area (Å²) in [5.41, 5.74) is 0.595.